The number of hydrogen-bond donors (Lipinski definition) is 2. The number of para-hydroxylation sites is 1. The summed E-state index contributed by atoms with van der Waals surface area (Å²) < 4.78 is 5.57. The van der Waals surface area contributed by atoms with Crippen LogP contribution in [0.5, 0.6) is 0 Å². The molecular weight excluding hydrogens is 328 g/mol. The van der Waals surface area contributed by atoms with Crippen molar-refractivity contribution in [3.05, 3.63) is 47.9 Å². The Morgan fingerprint density at radius 3 is 2.69 bits per heavy atom. The molecule has 6 nitrogen and oxygen atoms in total. The van der Waals surface area contributed by atoms with Gasteiger partial charge in [0, 0.05) is 18.8 Å². The summed E-state index contributed by atoms with van der Waals surface area (Å²) in [5.74, 6) is 0.381. The second-order valence-corrected chi connectivity index (χ2v) is 7.55. The molecule has 1 fully saturated rings. The van der Waals surface area contributed by atoms with Gasteiger partial charge < -0.3 is 15.4 Å². The van der Waals surface area contributed by atoms with E-state index in [1.165, 1.54) is 6.20 Å². The molecule has 0 spiro atoms. The summed E-state index contributed by atoms with van der Waals surface area (Å²) in [5.41, 5.74) is 2.10. The van der Waals surface area contributed by atoms with Crippen molar-refractivity contribution in [3.63, 3.8) is 0 Å². The van der Waals surface area contributed by atoms with Gasteiger partial charge in [-0.3, -0.25) is 4.79 Å². The summed E-state index contributed by atoms with van der Waals surface area (Å²) >= 11 is 0. The third kappa shape index (κ3) is 4.58. The summed E-state index contributed by atoms with van der Waals surface area (Å²) in [6.45, 7) is 7.89. The molecule has 0 bridgehead atoms. The molecule has 2 aromatic rings. The molecule has 1 atom stereocenters. The predicted octanol–water partition coefficient (Wildman–Crippen LogP) is 3.62. The van der Waals surface area contributed by atoms with Crippen molar-refractivity contribution in [1.82, 2.24) is 9.97 Å². The highest BCUT2D eigenvalue weighted by molar-refractivity contribution is 6.03. The van der Waals surface area contributed by atoms with Gasteiger partial charge in [0.2, 0.25) is 0 Å². The minimum Gasteiger partial charge on any atom is -0.376 e. The van der Waals surface area contributed by atoms with Crippen molar-refractivity contribution < 1.29 is 9.53 Å². The summed E-state index contributed by atoms with van der Waals surface area (Å²) in [5, 5.41) is 6.15. The zero-order valence-electron chi connectivity index (χ0n) is 15.6. The lowest BCUT2D eigenvalue weighted by Crippen LogP contribution is -2.21. The van der Waals surface area contributed by atoms with Gasteiger partial charge in [0.1, 0.15) is 11.5 Å². The van der Waals surface area contributed by atoms with Gasteiger partial charge in [-0.25, -0.2) is 9.97 Å². The van der Waals surface area contributed by atoms with Crippen LogP contribution in [-0.4, -0.2) is 35.1 Å². The Hall–Kier alpha value is -2.47. The predicted molar refractivity (Wildman–Crippen MR) is 103 cm³/mol. The maximum atomic E-state index is 12.5. The van der Waals surface area contributed by atoms with Crippen LogP contribution in [-0.2, 0) is 10.2 Å². The molecule has 3 rings (SSSR count). The first-order valence-corrected chi connectivity index (χ1v) is 9.02. The number of benzene rings is 1. The van der Waals surface area contributed by atoms with E-state index < -0.39 is 0 Å². The molecule has 1 aliphatic rings. The number of amides is 1. The minimum absolute atomic E-state index is 0.0638. The zero-order valence-corrected chi connectivity index (χ0v) is 15.6. The first-order valence-electron chi connectivity index (χ1n) is 9.02. The molecule has 1 aromatic heterocycles. The second kappa shape index (κ2) is 7.83. The van der Waals surface area contributed by atoms with Crippen LogP contribution in [0.1, 0.15) is 49.7 Å². The summed E-state index contributed by atoms with van der Waals surface area (Å²) in [6.07, 6.45) is 5.47. The Balaban J connectivity index is 1.63. The molecule has 1 aliphatic heterocycles. The number of nitrogens with zero attached hydrogens (tertiary/aromatic N) is 2. The lowest BCUT2D eigenvalue weighted by atomic mass is 9.86. The van der Waals surface area contributed by atoms with E-state index in [1.54, 1.807) is 6.20 Å². The minimum atomic E-state index is -0.264. The Bertz CT molecular complexity index is 747. The Labute approximate surface area is 154 Å². The van der Waals surface area contributed by atoms with E-state index in [1.807, 2.05) is 24.3 Å². The Morgan fingerprint density at radius 2 is 2.04 bits per heavy atom. The van der Waals surface area contributed by atoms with Gasteiger partial charge in [0.05, 0.1) is 18.5 Å². The number of carbonyl (C=O) groups is 1. The summed E-state index contributed by atoms with van der Waals surface area (Å²) in [7, 11) is 0. The van der Waals surface area contributed by atoms with Gasteiger partial charge in [0.25, 0.3) is 5.91 Å². The molecule has 26 heavy (non-hydrogen) atoms. The molecular formula is C20H26N4O2. The number of ether oxygens (including phenoxy) is 1. The average molecular weight is 354 g/mol. The molecule has 0 radical (unpaired) electrons. The van der Waals surface area contributed by atoms with E-state index in [4.69, 9.17) is 4.74 Å². The molecule has 138 valence electrons. The molecule has 2 heterocycles. The van der Waals surface area contributed by atoms with Gasteiger partial charge in [-0.2, -0.15) is 0 Å². The van der Waals surface area contributed by atoms with Gasteiger partial charge in [0.15, 0.2) is 0 Å². The van der Waals surface area contributed by atoms with Crippen molar-refractivity contribution in [3.8, 4) is 0 Å². The van der Waals surface area contributed by atoms with Crippen molar-refractivity contribution in [2.75, 3.05) is 23.8 Å². The van der Waals surface area contributed by atoms with E-state index in [2.05, 4.69) is 41.4 Å². The monoisotopic (exact) mass is 354 g/mol. The van der Waals surface area contributed by atoms with Gasteiger partial charge in [-0.05, 0) is 29.9 Å². The van der Waals surface area contributed by atoms with E-state index >= 15 is 0 Å². The van der Waals surface area contributed by atoms with Crippen LogP contribution in [0.3, 0.4) is 0 Å². The number of aromatic nitrogens is 2. The number of anilines is 2. The van der Waals surface area contributed by atoms with E-state index in [0.717, 1.165) is 30.7 Å². The quantitative estimate of drug-likeness (QED) is 0.858. The largest absolute Gasteiger partial charge is 0.376 e. The highest BCUT2D eigenvalue weighted by atomic mass is 16.5. The van der Waals surface area contributed by atoms with E-state index in [0.29, 0.717) is 12.4 Å². The van der Waals surface area contributed by atoms with Gasteiger partial charge in [-0.1, -0.05) is 39.0 Å². The van der Waals surface area contributed by atoms with E-state index in [-0.39, 0.29) is 23.1 Å². The smallest absolute Gasteiger partial charge is 0.275 e. The van der Waals surface area contributed by atoms with E-state index in [9.17, 15) is 4.79 Å². The van der Waals surface area contributed by atoms with Crippen LogP contribution < -0.4 is 10.6 Å². The van der Waals surface area contributed by atoms with Crippen LogP contribution >= 0.6 is 0 Å². The van der Waals surface area contributed by atoms with Crippen molar-refractivity contribution in [1.29, 1.82) is 0 Å². The molecule has 6 heteroatoms. The van der Waals surface area contributed by atoms with Crippen molar-refractivity contribution in [2.24, 2.45) is 0 Å². The molecule has 0 saturated carbocycles. The molecule has 1 amide bonds. The highest BCUT2D eigenvalue weighted by Crippen LogP contribution is 2.29. The molecule has 2 N–H and O–H groups in total. The number of nitrogens with one attached hydrogen (secondary N) is 2. The van der Waals surface area contributed by atoms with Crippen LogP contribution in [0.25, 0.3) is 0 Å². The summed E-state index contributed by atoms with van der Waals surface area (Å²) in [6, 6.07) is 7.82. The standard InChI is InChI=1S/C20H26N4O2/c1-20(2,3)15-8-4-5-9-16(15)24-19(25)17-12-23-18(13-21-17)22-11-14-7-6-10-26-14/h4-5,8-9,12-14H,6-7,10-11H2,1-3H3,(H,22,23)(H,24,25). The fraction of sp³-hybridized carbons (Fsp3) is 0.450. The topological polar surface area (TPSA) is 76.1 Å². The van der Waals surface area contributed by atoms with Crippen LogP contribution in [0.15, 0.2) is 36.7 Å². The maximum absolute atomic E-state index is 12.5. The number of carbonyl (C=O) groups excluding carboxylic acids is 1. The molecule has 1 unspecified atom stereocenters. The Morgan fingerprint density at radius 1 is 1.23 bits per heavy atom. The van der Waals surface area contributed by atoms with Crippen molar-refractivity contribution >= 4 is 17.4 Å². The Kier molecular flexibility index (Phi) is 5.52. The van der Waals surface area contributed by atoms with Gasteiger partial charge in [-0.15, -0.1) is 0 Å². The number of rotatable bonds is 5. The highest BCUT2D eigenvalue weighted by Gasteiger charge is 2.19. The first-order chi connectivity index (χ1) is 12.4. The normalized spacial score (nSPS) is 17.1. The first kappa shape index (κ1) is 18.3. The third-order valence-corrected chi connectivity index (χ3v) is 4.40. The van der Waals surface area contributed by atoms with Crippen LogP contribution in [0.2, 0.25) is 0 Å². The molecule has 1 aromatic carbocycles. The number of hydrogen-bond acceptors (Lipinski definition) is 5. The fourth-order valence-corrected chi connectivity index (χ4v) is 2.99. The van der Waals surface area contributed by atoms with Crippen LogP contribution in [0.4, 0.5) is 11.5 Å². The van der Waals surface area contributed by atoms with Crippen LogP contribution in [0, 0.1) is 0 Å². The lowest BCUT2D eigenvalue weighted by Gasteiger charge is -2.22. The van der Waals surface area contributed by atoms with Crippen molar-refractivity contribution in [2.45, 2.75) is 45.1 Å². The molecule has 0 aliphatic carbocycles. The lowest BCUT2D eigenvalue weighted by molar-refractivity contribution is 0.102. The summed E-state index contributed by atoms with van der Waals surface area (Å²) in [4.78, 5) is 21.0. The zero-order chi connectivity index (χ0) is 18.6. The maximum Gasteiger partial charge on any atom is 0.275 e. The molecule has 1 saturated heterocycles. The SMILES string of the molecule is CC(C)(C)c1ccccc1NC(=O)c1cnc(NCC2CCCO2)cn1. The van der Waals surface area contributed by atoms with Gasteiger partial charge >= 0.3 is 0 Å². The second-order valence-electron chi connectivity index (χ2n) is 7.55. The average Bonchev–Trinajstić information content (AvgIpc) is 3.13. The fourth-order valence-electron chi connectivity index (χ4n) is 2.99. The third-order valence-electron chi connectivity index (χ3n) is 4.40.